The van der Waals surface area contributed by atoms with E-state index in [1.165, 1.54) is 18.6 Å². The standard InChI is InChI=1S/C12H20N4O2S.ClH/c1-10(12-9-14-5-6-15-12)19(17,18)16-8-11-3-2-4-13-7-11;/h5-6,9-11,13,16H,2-4,7-8H2,1H3;1H. The van der Waals surface area contributed by atoms with Crippen molar-refractivity contribution in [2.45, 2.75) is 25.0 Å². The second kappa shape index (κ2) is 7.87. The molecule has 1 aromatic rings. The molecular weight excluding hydrogens is 300 g/mol. The second-order valence-corrected chi connectivity index (χ2v) is 6.96. The second-order valence-electron chi connectivity index (χ2n) is 4.88. The van der Waals surface area contributed by atoms with Crippen LogP contribution in [0.3, 0.4) is 0 Å². The highest BCUT2D eigenvalue weighted by molar-refractivity contribution is 7.89. The number of rotatable bonds is 5. The van der Waals surface area contributed by atoms with E-state index in [0.29, 0.717) is 18.2 Å². The highest BCUT2D eigenvalue weighted by Crippen LogP contribution is 2.18. The Morgan fingerprint density at radius 1 is 1.50 bits per heavy atom. The Hall–Kier alpha value is -0.760. The van der Waals surface area contributed by atoms with Crippen molar-refractivity contribution in [2.24, 2.45) is 5.92 Å². The van der Waals surface area contributed by atoms with Crippen LogP contribution in [-0.4, -0.2) is 38.0 Å². The van der Waals surface area contributed by atoms with Gasteiger partial charge in [-0.15, -0.1) is 12.4 Å². The summed E-state index contributed by atoms with van der Waals surface area (Å²) in [4.78, 5) is 7.95. The molecule has 2 rings (SSSR count). The van der Waals surface area contributed by atoms with Crippen molar-refractivity contribution in [2.75, 3.05) is 19.6 Å². The fourth-order valence-corrected chi connectivity index (χ4v) is 3.29. The molecule has 1 aromatic heterocycles. The third-order valence-corrected chi connectivity index (χ3v) is 5.18. The van der Waals surface area contributed by atoms with E-state index in [0.717, 1.165) is 25.9 Å². The molecule has 0 radical (unpaired) electrons. The predicted molar refractivity (Wildman–Crippen MR) is 80.2 cm³/mol. The number of nitrogens with zero attached hydrogens (tertiary/aromatic N) is 2. The molecule has 1 fully saturated rings. The van der Waals surface area contributed by atoms with Gasteiger partial charge in [-0.05, 0) is 38.8 Å². The van der Waals surface area contributed by atoms with Gasteiger partial charge in [0.25, 0.3) is 0 Å². The summed E-state index contributed by atoms with van der Waals surface area (Å²) in [5.74, 6) is 0.373. The van der Waals surface area contributed by atoms with Crippen LogP contribution in [0, 0.1) is 5.92 Å². The molecule has 0 spiro atoms. The normalized spacial score (nSPS) is 20.9. The van der Waals surface area contributed by atoms with Crippen LogP contribution >= 0.6 is 12.4 Å². The van der Waals surface area contributed by atoms with Crippen molar-refractivity contribution in [1.29, 1.82) is 0 Å². The lowest BCUT2D eigenvalue weighted by Gasteiger charge is -2.23. The monoisotopic (exact) mass is 320 g/mol. The maximum atomic E-state index is 12.2. The molecule has 2 N–H and O–H groups in total. The van der Waals surface area contributed by atoms with E-state index in [4.69, 9.17) is 0 Å². The first-order valence-corrected chi connectivity index (χ1v) is 8.09. The molecule has 0 bridgehead atoms. The van der Waals surface area contributed by atoms with Crippen molar-refractivity contribution >= 4 is 22.4 Å². The average Bonchev–Trinajstić information content (AvgIpc) is 2.46. The molecule has 20 heavy (non-hydrogen) atoms. The van der Waals surface area contributed by atoms with E-state index in [2.05, 4.69) is 20.0 Å². The predicted octanol–water partition coefficient (Wildman–Crippen LogP) is 0.878. The Morgan fingerprint density at radius 2 is 2.30 bits per heavy atom. The van der Waals surface area contributed by atoms with Crippen LogP contribution in [0.25, 0.3) is 0 Å². The van der Waals surface area contributed by atoms with E-state index < -0.39 is 15.3 Å². The molecule has 2 heterocycles. The largest absolute Gasteiger partial charge is 0.316 e. The zero-order valence-corrected chi connectivity index (χ0v) is 13.1. The van der Waals surface area contributed by atoms with Gasteiger partial charge in [-0.3, -0.25) is 9.97 Å². The van der Waals surface area contributed by atoms with Gasteiger partial charge in [-0.2, -0.15) is 0 Å². The number of piperidine rings is 1. The molecule has 8 heteroatoms. The fourth-order valence-electron chi connectivity index (χ4n) is 2.14. The van der Waals surface area contributed by atoms with Gasteiger partial charge < -0.3 is 5.32 Å². The lowest BCUT2D eigenvalue weighted by Crippen LogP contribution is -2.39. The summed E-state index contributed by atoms with van der Waals surface area (Å²) in [6, 6.07) is 0. The topological polar surface area (TPSA) is 84.0 Å². The first kappa shape index (κ1) is 17.3. The Kier molecular flexibility index (Phi) is 6.81. The minimum Gasteiger partial charge on any atom is -0.316 e. The summed E-state index contributed by atoms with van der Waals surface area (Å²) in [5.41, 5.74) is 0.469. The van der Waals surface area contributed by atoms with E-state index in [9.17, 15) is 8.42 Å². The van der Waals surface area contributed by atoms with Crippen molar-refractivity contribution in [3.8, 4) is 0 Å². The molecular formula is C12H21ClN4O2S. The molecule has 2 atom stereocenters. The van der Waals surface area contributed by atoms with Gasteiger partial charge in [-0.1, -0.05) is 0 Å². The maximum Gasteiger partial charge on any atom is 0.220 e. The van der Waals surface area contributed by atoms with Gasteiger partial charge in [0.05, 0.1) is 5.69 Å². The van der Waals surface area contributed by atoms with Crippen LogP contribution in [0.5, 0.6) is 0 Å². The Morgan fingerprint density at radius 3 is 2.90 bits per heavy atom. The third kappa shape index (κ3) is 4.66. The molecule has 0 saturated carbocycles. The van der Waals surface area contributed by atoms with Crippen LogP contribution in [-0.2, 0) is 10.0 Å². The SMILES string of the molecule is CC(c1cnccn1)S(=O)(=O)NCC1CCCNC1.Cl. The van der Waals surface area contributed by atoms with E-state index in [1.54, 1.807) is 6.92 Å². The van der Waals surface area contributed by atoms with E-state index in [1.807, 2.05) is 0 Å². The van der Waals surface area contributed by atoms with Crippen LogP contribution in [0.15, 0.2) is 18.6 Å². The zero-order valence-electron chi connectivity index (χ0n) is 11.4. The van der Waals surface area contributed by atoms with E-state index in [-0.39, 0.29) is 12.4 Å². The molecule has 1 aliphatic rings. The minimum atomic E-state index is -3.39. The van der Waals surface area contributed by atoms with Crippen molar-refractivity contribution in [3.05, 3.63) is 24.3 Å². The molecule has 114 valence electrons. The highest BCUT2D eigenvalue weighted by atomic mass is 35.5. The zero-order chi connectivity index (χ0) is 13.7. The van der Waals surface area contributed by atoms with E-state index >= 15 is 0 Å². The Bertz CT molecular complexity index is 491. The number of halogens is 1. The molecule has 1 aliphatic heterocycles. The summed E-state index contributed by atoms with van der Waals surface area (Å²) >= 11 is 0. The number of hydrogen-bond donors (Lipinski definition) is 2. The van der Waals surface area contributed by atoms with Gasteiger partial charge in [0, 0.05) is 25.1 Å². The first-order valence-electron chi connectivity index (χ1n) is 6.54. The molecule has 2 unspecified atom stereocenters. The Balaban J connectivity index is 0.00000200. The summed E-state index contributed by atoms with van der Waals surface area (Å²) in [5, 5.41) is 2.59. The highest BCUT2D eigenvalue weighted by Gasteiger charge is 2.25. The number of sulfonamides is 1. The number of aromatic nitrogens is 2. The van der Waals surface area contributed by atoms with Crippen LogP contribution in [0.4, 0.5) is 0 Å². The lowest BCUT2D eigenvalue weighted by atomic mass is 10.0. The van der Waals surface area contributed by atoms with Gasteiger partial charge in [0.2, 0.25) is 10.0 Å². The molecule has 0 amide bonds. The summed E-state index contributed by atoms with van der Waals surface area (Å²) in [6.45, 7) is 4.02. The fraction of sp³-hybridized carbons (Fsp3) is 0.667. The van der Waals surface area contributed by atoms with Gasteiger partial charge in [0.15, 0.2) is 0 Å². The third-order valence-electron chi connectivity index (χ3n) is 3.44. The molecule has 0 aliphatic carbocycles. The van der Waals surface area contributed by atoms with Crippen molar-refractivity contribution in [3.63, 3.8) is 0 Å². The summed E-state index contributed by atoms with van der Waals surface area (Å²) in [7, 11) is -3.39. The maximum absolute atomic E-state index is 12.2. The minimum absolute atomic E-state index is 0. The van der Waals surface area contributed by atoms with Crippen LogP contribution in [0.1, 0.15) is 30.7 Å². The van der Waals surface area contributed by atoms with Crippen molar-refractivity contribution in [1.82, 2.24) is 20.0 Å². The van der Waals surface area contributed by atoms with Gasteiger partial charge in [-0.25, -0.2) is 13.1 Å². The average molecular weight is 321 g/mol. The molecule has 6 nitrogen and oxygen atoms in total. The van der Waals surface area contributed by atoms with Gasteiger partial charge >= 0.3 is 0 Å². The van der Waals surface area contributed by atoms with Gasteiger partial charge in [0.1, 0.15) is 5.25 Å². The van der Waals surface area contributed by atoms with Crippen molar-refractivity contribution < 1.29 is 8.42 Å². The summed E-state index contributed by atoms with van der Waals surface area (Å²) < 4.78 is 27.0. The smallest absolute Gasteiger partial charge is 0.220 e. The summed E-state index contributed by atoms with van der Waals surface area (Å²) in [6.07, 6.45) is 6.70. The number of nitrogens with one attached hydrogen (secondary N) is 2. The first-order chi connectivity index (χ1) is 9.09. The lowest BCUT2D eigenvalue weighted by molar-refractivity contribution is 0.375. The molecule has 1 saturated heterocycles. The number of hydrogen-bond acceptors (Lipinski definition) is 5. The quantitative estimate of drug-likeness (QED) is 0.841. The Labute approximate surface area is 126 Å². The van der Waals surface area contributed by atoms with Crippen LogP contribution in [0.2, 0.25) is 0 Å². The van der Waals surface area contributed by atoms with Crippen LogP contribution < -0.4 is 10.0 Å². The molecule has 0 aromatic carbocycles.